The Balaban J connectivity index is 2.24. The molecule has 0 aromatic heterocycles. The van der Waals surface area contributed by atoms with Crippen LogP contribution in [0.25, 0.3) is 0 Å². The summed E-state index contributed by atoms with van der Waals surface area (Å²) in [7, 11) is -3.68. The standard InChI is InChI=1S/C14H10BrClN2O2S/c15-13-9-12(5-6-14(13)16)21(19,20)18-11-3-1-10(2-4-11)7-8-17/h1-6,9,18H,7H2. The molecule has 0 atom stereocenters. The highest BCUT2D eigenvalue weighted by Crippen LogP contribution is 2.26. The molecule has 0 heterocycles. The van der Waals surface area contributed by atoms with E-state index in [4.69, 9.17) is 16.9 Å². The van der Waals surface area contributed by atoms with Gasteiger partial charge in [-0.2, -0.15) is 5.26 Å². The van der Waals surface area contributed by atoms with Gasteiger partial charge in [0, 0.05) is 10.2 Å². The fourth-order valence-electron chi connectivity index (χ4n) is 1.64. The molecule has 7 heteroatoms. The lowest BCUT2D eigenvalue weighted by molar-refractivity contribution is 0.601. The average molecular weight is 386 g/mol. The molecule has 0 saturated carbocycles. The van der Waals surface area contributed by atoms with E-state index in [0.717, 1.165) is 5.56 Å². The molecule has 0 bridgehead atoms. The Morgan fingerprint density at radius 1 is 1.19 bits per heavy atom. The highest BCUT2D eigenvalue weighted by atomic mass is 79.9. The molecule has 108 valence electrons. The number of sulfonamides is 1. The topological polar surface area (TPSA) is 70.0 Å². The van der Waals surface area contributed by atoms with Crippen molar-refractivity contribution in [2.45, 2.75) is 11.3 Å². The Morgan fingerprint density at radius 2 is 1.86 bits per heavy atom. The molecular formula is C14H10BrClN2O2S. The maximum absolute atomic E-state index is 12.2. The Bertz CT molecular complexity index is 799. The van der Waals surface area contributed by atoms with E-state index < -0.39 is 10.0 Å². The number of rotatable bonds is 4. The lowest BCUT2D eigenvalue weighted by Crippen LogP contribution is -2.12. The van der Waals surface area contributed by atoms with Gasteiger partial charge in [-0.1, -0.05) is 23.7 Å². The van der Waals surface area contributed by atoms with E-state index in [9.17, 15) is 8.42 Å². The van der Waals surface area contributed by atoms with Crippen molar-refractivity contribution < 1.29 is 8.42 Å². The minimum atomic E-state index is -3.68. The predicted octanol–water partition coefficient (Wildman–Crippen LogP) is 3.97. The van der Waals surface area contributed by atoms with Gasteiger partial charge in [-0.15, -0.1) is 0 Å². The highest BCUT2D eigenvalue weighted by molar-refractivity contribution is 9.10. The molecule has 0 aliphatic heterocycles. The maximum atomic E-state index is 12.2. The smallest absolute Gasteiger partial charge is 0.261 e. The summed E-state index contributed by atoms with van der Waals surface area (Å²) in [6.07, 6.45) is 0.289. The summed E-state index contributed by atoms with van der Waals surface area (Å²) < 4.78 is 27.5. The van der Waals surface area contributed by atoms with Crippen molar-refractivity contribution in [1.82, 2.24) is 0 Å². The fourth-order valence-corrected chi connectivity index (χ4v) is 3.37. The molecule has 2 rings (SSSR count). The first-order valence-electron chi connectivity index (χ1n) is 5.86. The molecule has 0 aliphatic rings. The van der Waals surface area contributed by atoms with E-state index in [1.807, 2.05) is 6.07 Å². The van der Waals surface area contributed by atoms with E-state index in [2.05, 4.69) is 20.7 Å². The van der Waals surface area contributed by atoms with Crippen LogP contribution in [0.5, 0.6) is 0 Å². The van der Waals surface area contributed by atoms with Crippen molar-refractivity contribution in [2.75, 3.05) is 4.72 Å². The zero-order valence-corrected chi connectivity index (χ0v) is 13.8. The summed E-state index contributed by atoms with van der Waals surface area (Å²) in [5, 5.41) is 9.04. The van der Waals surface area contributed by atoms with Gasteiger partial charge in [-0.05, 0) is 51.8 Å². The molecule has 0 unspecified atom stereocenters. The van der Waals surface area contributed by atoms with E-state index in [-0.39, 0.29) is 11.3 Å². The van der Waals surface area contributed by atoms with Crippen molar-refractivity contribution >= 4 is 43.2 Å². The van der Waals surface area contributed by atoms with Crippen molar-refractivity contribution in [2.24, 2.45) is 0 Å². The number of halogens is 2. The molecule has 0 saturated heterocycles. The second kappa shape index (κ2) is 6.48. The van der Waals surface area contributed by atoms with Crippen LogP contribution < -0.4 is 4.72 Å². The zero-order valence-electron chi connectivity index (χ0n) is 10.7. The van der Waals surface area contributed by atoms with Gasteiger partial charge in [0.05, 0.1) is 22.4 Å². The van der Waals surface area contributed by atoms with Crippen LogP contribution in [0, 0.1) is 11.3 Å². The number of anilines is 1. The molecule has 2 aromatic rings. The van der Waals surface area contributed by atoms with Crippen LogP contribution in [0.3, 0.4) is 0 Å². The third-order valence-corrected chi connectivity index (χ3v) is 5.28. The fraction of sp³-hybridized carbons (Fsp3) is 0.0714. The average Bonchev–Trinajstić information content (AvgIpc) is 2.44. The van der Waals surface area contributed by atoms with Gasteiger partial charge in [-0.25, -0.2) is 8.42 Å². The molecule has 0 amide bonds. The molecule has 0 fully saturated rings. The number of benzene rings is 2. The Kier molecular flexibility index (Phi) is 4.88. The molecule has 0 radical (unpaired) electrons. The van der Waals surface area contributed by atoms with Gasteiger partial charge in [-0.3, -0.25) is 4.72 Å². The summed E-state index contributed by atoms with van der Waals surface area (Å²) in [5.41, 5.74) is 1.26. The number of nitriles is 1. The van der Waals surface area contributed by atoms with Crippen LogP contribution in [0.15, 0.2) is 51.8 Å². The minimum absolute atomic E-state index is 0.111. The summed E-state index contributed by atoms with van der Waals surface area (Å²) in [4.78, 5) is 0.111. The van der Waals surface area contributed by atoms with Crippen molar-refractivity contribution in [1.29, 1.82) is 5.26 Å². The first kappa shape index (κ1) is 15.8. The highest BCUT2D eigenvalue weighted by Gasteiger charge is 2.15. The lowest BCUT2D eigenvalue weighted by Gasteiger charge is -2.09. The normalized spacial score (nSPS) is 10.9. The molecule has 4 nitrogen and oxygen atoms in total. The molecule has 0 spiro atoms. The Labute approximate surface area is 136 Å². The van der Waals surface area contributed by atoms with Gasteiger partial charge in [0.1, 0.15) is 0 Å². The van der Waals surface area contributed by atoms with E-state index >= 15 is 0 Å². The zero-order chi connectivity index (χ0) is 15.5. The van der Waals surface area contributed by atoms with Crippen LogP contribution in [0.1, 0.15) is 5.56 Å². The van der Waals surface area contributed by atoms with E-state index in [0.29, 0.717) is 15.2 Å². The van der Waals surface area contributed by atoms with Gasteiger partial charge >= 0.3 is 0 Å². The number of hydrogen-bond acceptors (Lipinski definition) is 3. The minimum Gasteiger partial charge on any atom is -0.280 e. The van der Waals surface area contributed by atoms with Crippen LogP contribution in [0.4, 0.5) is 5.69 Å². The van der Waals surface area contributed by atoms with Crippen LogP contribution >= 0.6 is 27.5 Å². The largest absolute Gasteiger partial charge is 0.280 e. The number of nitrogens with one attached hydrogen (secondary N) is 1. The van der Waals surface area contributed by atoms with Crippen molar-refractivity contribution in [3.63, 3.8) is 0 Å². The van der Waals surface area contributed by atoms with Gasteiger partial charge < -0.3 is 0 Å². The van der Waals surface area contributed by atoms with Crippen molar-refractivity contribution in [3.05, 3.63) is 57.5 Å². The molecule has 1 N–H and O–H groups in total. The molecule has 0 aliphatic carbocycles. The van der Waals surface area contributed by atoms with Crippen molar-refractivity contribution in [3.8, 4) is 6.07 Å². The number of hydrogen-bond donors (Lipinski definition) is 1. The maximum Gasteiger partial charge on any atom is 0.261 e. The van der Waals surface area contributed by atoms with Gasteiger partial charge in [0.2, 0.25) is 0 Å². The van der Waals surface area contributed by atoms with Crippen LogP contribution in [-0.2, 0) is 16.4 Å². The summed E-state index contributed by atoms with van der Waals surface area (Å²) >= 11 is 9.05. The molecular weight excluding hydrogens is 376 g/mol. The predicted molar refractivity (Wildman–Crippen MR) is 85.7 cm³/mol. The van der Waals surface area contributed by atoms with Gasteiger partial charge in [0.15, 0.2) is 0 Å². The van der Waals surface area contributed by atoms with E-state index in [1.165, 1.54) is 18.2 Å². The summed E-state index contributed by atoms with van der Waals surface area (Å²) in [5.74, 6) is 0. The second-order valence-corrected chi connectivity index (χ2v) is 7.16. The first-order chi connectivity index (χ1) is 9.92. The Hall–Kier alpha value is -1.55. The number of nitrogens with zero attached hydrogens (tertiary/aromatic N) is 1. The van der Waals surface area contributed by atoms with E-state index in [1.54, 1.807) is 24.3 Å². The molecule has 2 aromatic carbocycles. The third-order valence-electron chi connectivity index (χ3n) is 2.69. The van der Waals surface area contributed by atoms with Crippen LogP contribution in [-0.4, -0.2) is 8.42 Å². The van der Waals surface area contributed by atoms with Crippen LogP contribution in [0.2, 0.25) is 5.02 Å². The summed E-state index contributed by atoms with van der Waals surface area (Å²) in [6.45, 7) is 0. The summed E-state index contributed by atoms with van der Waals surface area (Å²) in [6, 6.07) is 13.1. The quantitative estimate of drug-likeness (QED) is 0.865. The monoisotopic (exact) mass is 384 g/mol. The molecule has 21 heavy (non-hydrogen) atoms. The third kappa shape index (κ3) is 3.97. The lowest BCUT2D eigenvalue weighted by atomic mass is 10.1. The Morgan fingerprint density at radius 3 is 2.43 bits per heavy atom. The van der Waals surface area contributed by atoms with Gasteiger partial charge in [0.25, 0.3) is 10.0 Å². The SMILES string of the molecule is N#CCc1ccc(NS(=O)(=O)c2ccc(Cl)c(Br)c2)cc1. The first-order valence-corrected chi connectivity index (χ1v) is 8.51. The second-order valence-electron chi connectivity index (χ2n) is 4.21.